The highest BCUT2D eigenvalue weighted by atomic mass is 19.4. The molecule has 2 N–H and O–H groups in total. The van der Waals surface area contributed by atoms with Crippen LogP contribution in [0.3, 0.4) is 0 Å². The van der Waals surface area contributed by atoms with Gasteiger partial charge in [-0.3, -0.25) is 0 Å². The zero-order valence-corrected chi connectivity index (χ0v) is 5.37. The Morgan fingerprint density at radius 3 is 2.55 bits per heavy atom. The third-order valence-corrected chi connectivity index (χ3v) is 1.07. The average molecular weight is 163 g/mol. The molecule has 0 heterocycles. The van der Waals surface area contributed by atoms with Gasteiger partial charge in [-0.25, -0.2) is 0 Å². The van der Waals surface area contributed by atoms with Crippen molar-refractivity contribution in [3.05, 3.63) is 29.8 Å². The molecule has 0 bridgehead atoms. The van der Waals surface area contributed by atoms with Gasteiger partial charge >= 0.3 is 6.18 Å². The molecule has 0 aliphatic carbocycles. The molecule has 1 aromatic carbocycles. The van der Waals surface area contributed by atoms with E-state index in [2.05, 4.69) is 0 Å². The molecule has 0 aliphatic rings. The van der Waals surface area contributed by atoms with E-state index in [9.17, 15) is 13.2 Å². The Bertz CT molecular complexity index is 335. The molecule has 1 nitrogen and oxygen atoms in total. The maximum Gasteiger partial charge on any atom is 0.416 e. The molecule has 11 heavy (non-hydrogen) atoms. The quantitative estimate of drug-likeness (QED) is 0.583. The standard InChI is InChI=1S/C7H6F3N/c8-7(9,10)5-2-1-3-6(11)4-5/h1-4H,11H2/i2D,3D. The summed E-state index contributed by atoms with van der Waals surface area (Å²) in [6, 6.07) is 0.382. The number of halogens is 3. The van der Waals surface area contributed by atoms with Crippen molar-refractivity contribution in [2.24, 2.45) is 0 Å². The van der Waals surface area contributed by atoms with Gasteiger partial charge in [0.1, 0.15) is 0 Å². The smallest absolute Gasteiger partial charge is 0.399 e. The Kier molecular flexibility index (Phi) is 1.22. The monoisotopic (exact) mass is 163 g/mol. The van der Waals surface area contributed by atoms with Gasteiger partial charge in [0.2, 0.25) is 0 Å². The van der Waals surface area contributed by atoms with Gasteiger partial charge in [-0.05, 0) is 18.2 Å². The first-order chi connectivity index (χ1) is 5.82. The Hall–Kier alpha value is -1.19. The summed E-state index contributed by atoms with van der Waals surface area (Å²) in [4.78, 5) is 0. The van der Waals surface area contributed by atoms with E-state index < -0.39 is 17.8 Å². The van der Waals surface area contributed by atoms with E-state index in [1.807, 2.05) is 0 Å². The first kappa shape index (κ1) is 5.46. The first-order valence-corrected chi connectivity index (χ1v) is 2.76. The predicted molar refractivity (Wildman–Crippen MR) is 35.9 cm³/mol. The molecular weight excluding hydrogens is 155 g/mol. The number of rotatable bonds is 0. The Labute approximate surface area is 64.4 Å². The van der Waals surface area contributed by atoms with Gasteiger partial charge in [-0.2, -0.15) is 13.2 Å². The fourth-order valence-electron chi connectivity index (χ4n) is 0.600. The number of alkyl halides is 3. The zero-order valence-electron chi connectivity index (χ0n) is 7.37. The summed E-state index contributed by atoms with van der Waals surface area (Å²) in [5.41, 5.74) is 3.73. The van der Waals surface area contributed by atoms with E-state index >= 15 is 0 Å². The van der Waals surface area contributed by atoms with Crippen LogP contribution in [-0.2, 0) is 6.18 Å². The lowest BCUT2D eigenvalue weighted by molar-refractivity contribution is -0.137. The number of nitrogen functional groups attached to an aromatic ring is 1. The molecule has 60 valence electrons. The molecule has 0 radical (unpaired) electrons. The van der Waals surface area contributed by atoms with Gasteiger partial charge in [-0.1, -0.05) is 6.07 Å². The van der Waals surface area contributed by atoms with Crippen molar-refractivity contribution in [1.82, 2.24) is 0 Å². The normalized spacial score (nSPS) is 14.1. The van der Waals surface area contributed by atoms with Gasteiger partial charge in [-0.15, -0.1) is 0 Å². The molecule has 4 heteroatoms. The first-order valence-electron chi connectivity index (χ1n) is 3.76. The molecule has 0 unspecified atom stereocenters. The number of benzene rings is 1. The Morgan fingerprint density at radius 2 is 2.00 bits per heavy atom. The summed E-state index contributed by atoms with van der Waals surface area (Å²) in [6.07, 6.45) is -4.58. The van der Waals surface area contributed by atoms with Gasteiger partial charge in [0.05, 0.1) is 8.30 Å². The van der Waals surface area contributed by atoms with Gasteiger partial charge in [0.15, 0.2) is 0 Å². The topological polar surface area (TPSA) is 26.0 Å². The van der Waals surface area contributed by atoms with Crippen molar-refractivity contribution in [3.8, 4) is 0 Å². The second-order valence-electron chi connectivity index (χ2n) is 1.94. The van der Waals surface area contributed by atoms with Gasteiger partial charge in [0.25, 0.3) is 0 Å². The minimum absolute atomic E-state index is 0.266. The van der Waals surface area contributed by atoms with Crippen molar-refractivity contribution in [2.45, 2.75) is 6.18 Å². The SMILES string of the molecule is [2H]c1cc([2H])c(C(F)(F)F)cc1N. The van der Waals surface area contributed by atoms with E-state index in [4.69, 9.17) is 8.48 Å². The zero-order chi connectivity index (χ0) is 10.2. The molecule has 0 fully saturated rings. The number of anilines is 1. The minimum Gasteiger partial charge on any atom is -0.399 e. The van der Waals surface area contributed by atoms with Crippen molar-refractivity contribution < 1.29 is 15.9 Å². The van der Waals surface area contributed by atoms with Crippen LogP contribution >= 0.6 is 0 Å². The summed E-state index contributed by atoms with van der Waals surface area (Å²) < 4.78 is 50.4. The van der Waals surface area contributed by atoms with Gasteiger partial charge in [0, 0.05) is 5.69 Å². The highest BCUT2D eigenvalue weighted by Gasteiger charge is 2.30. The lowest BCUT2D eigenvalue weighted by Crippen LogP contribution is -2.04. The van der Waals surface area contributed by atoms with E-state index in [0.29, 0.717) is 6.07 Å². The second kappa shape index (κ2) is 2.45. The summed E-state index contributed by atoms with van der Waals surface area (Å²) in [6.45, 7) is 0. The maximum absolute atomic E-state index is 12.1. The molecular formula is C7H6F3N. The van der Waals surface area contributed by atoms with Crippen LogP contribution in [0.2, 0.25) is 0 Å². The molecule has 0 aromatic heterocycles. The largest absolute Gasteiger partial charge is 0.416 e. The highest BCUT2D eigenvalue weighted by Crippen LogP contribution is 2.29. The molecule has 0 spiro atoms. The van der Waals surface area contributed by atoms with E-state index in [1.54, 1.807) is 0 Å². The van der Waals surface area contributed by atoms with Crippen molar-refractivity contribution in [2.75, 3.05) is 5.73 Å². The lowest BCUT2D eigenvalue weighted by atomic mass is 10.2. The summed E-state index contributed by atoms with van der Waals surface area (Å²) in [5.74, 6) is 0. The Balaban J connectivity index is 3.32. The third kappa shape index (κ3) is 1.86. The fraction of sp³-hybridized carbons (Fsp3) is 0.143. The maximum atomic E-state index is 12.1. The van der Waals surface area contributed by atoms with E-state index in [1.165, 1.54) is 0 Å². The molecule has 0 aliphatic heterocycles. The molecule has 1 rings (SSSR count). The molecule has 0 saturated carbocycles. The van der Waals surface area contributed by atoms with Crippen molar-refractivity contribution >= 4 is 5.69 Å². The van der Waals surface area contributed by atoms with Crippen LogP contribution < -0.4 is 5.73 Å². The minimum atomic E-state index is -4.58. The lowest BCUT2D eigenvalue weighted by Gasteiger charge is -2.05. The van der Waals surface area contributed by atoms with Crippen LogP contribution in [0.15, 0.2) is 24.2 Å². The Morgan fingerprint density at radius 1 is 1.36 bits per heavy atom. The molecule has 0 amide bonds. The van der Waals surface area contributed by atoms with Crippen LogP contribution in [0.25, 0.3) is 0 Å². The fourth-order valence-corrected chi connectivity index (χ4v) is 0.600. The van der Waals surface area contributed by atoms with E-state index in [0.717, 1.165) is 6.07 Å². The van der Waals surface area contributed by atoms with Crippen molar-refractivity contribution in [1.29, 1.82) is 0 Å². The van der Waals surface area contributed by atoms with Crippen LogP contribution in [0.1, 0.15) is 8.30 Å². The second-order valence-corrected chi connectivity index (χ2v) is 1.94. The van der Waals surface area contributed by atoms with Crippen LogP contribution in [0.4, 0.5) is 18.9 Å². The third-order valence-electron chi connectivity index (χ3n) is 1.07. The molecule has 0 atom stereocenters. The highest BCUT2D eigenvalue weighted by molar-refractivity contribution is 5.41. The number of hydrogen-bond donors (Lipinski definition) is 1. The van der Waals surface area contributed by atoms with Crippen molar-refractivity contribution in [3.63, 3.8) is 0 Å². The number of hydrogen-bond acceptors (Lipinski definition) is 1. The molecule has 0 saturated heterocycles. The van der Waals surface area contributed by atoms with Crippen LogP contribution in [-0.4, -0.2) is 0 Å². The summed E-state index contributed by atoms with van der Waals surface area (Å²) in [5, 5.41) is 0. The summed E-state index contributed by atoms with van der Waals surface area (Å²) in [7, 11) is 0. The van der Waals surface area contributed by atoms with Crippen LogP contribution in [0.5, 0.6) is 0 Å². The van der Waals surface area contributed by atoms with Gasteiger partial charge < -0.3 is 5.73 Å². The average Bonchev–Trinajstić information content (AvgIpc) is 1.94. The van der Waals surface area contributed by atoms with E-state index in [-0.39, 0.29) is 11.7 Å². The predicted octanol–water partition coefficient (Wildman–Crippen LogP) is 2.29. The summed E-state index contributed by atoms with van der Waals surface area (Å²) >= 11 is 0. The number of nitrogens with two attached hydrogens (primary N) is 1. The molecule has 1 aromatic rings. The van der Waals surface area contributed by atoms with Crippen LogP contribution in [0, 0.1) is 0 Å².